The lowest BCUT2D eigenvalue weighted by Crippen LogP contribution is -2.16. The Hall–Kier alpha value is -5.64. The Morgan fingerprint density at radius 1 is 0.438 bits per heavy atom. The molecule has 10 nitrogen and oxygen atoms in total. The number of rotatable bonds is 7. The largest absolute Gasteiger partial charge is 0.504 e. The highest BCUT2D eigenvalue weighted by molar-refractivity contribution is 6.32. The molecule has 48 heavy (non-hydrogen) atoms. The van der Waals surface area contributed by atoms with Crippen LogP contribution >= 0.6 is 0 Å². The summed E-state index contributed by atoms with van der Waals surface area (Å²) in [5.74, 6) is 3.09. The maximum absolute atomic E-state index is 11.7. The number of nitrogens with one attached hydrogen (secondary N) is 2. The Labute approximate surface area is 276 Å². The van der Waals surface area contributed by atoms with E-state index < -0.39 is 0 Å². The number of benzene rings is 6. The smallest absolute Gasteiger partial charge is 0.166 e. The van der Waals surface area contributed by atoms with Crippen LogP contribution in [0, 0.1) is 0 Å². The van der Waals surface area contributed by atoms with Gasteiger partial charge in [0.05, 0.1) is 54.0 Å². The average molecular weight is 649 g/mol. The molecule has 246 valence electrons. The van der Waals surface area contributed by atoms with Crippen LogP contribution in [-0.2, 0) is 12.8 Å². The van der Waals surface area contributed by atoms with Crippen LogP contribution in [-0.4, -0.2) is 66.0 Å². The van der Waals surface area contributed by atoms with Crippen molar-refractivity contribution in [2.45, 2.75) is 12.8 Å². The Bertz CT molecular complexity index is 2190. The van der Waals surface area contributed by atoms with Crippen molar-refractivity contribution in [2.24, 2.45) is 0 Å². The number of phenolic OH excluding ortho intramolecular Hbond substituents is 2. The molecule has 0 atom stereocenters. The Morgan fingerprint density at radius 2 is 0.771 bits per heavy atom. The van der Waals surface area contributed by atoms with E-state index >= 15 is 0 Å². The molecule has 0 radical (unpaired) electrons. The standard InChI is InChI=1S/C38H36N2O8/c1-43-23-13-19-21(15-25(23)45-3)33-29-17(11-27(47-5)37(33)41)7-9-39-35(29)31(19)32-20-14-24(44-2)26(46-4)16-22(20)34-30-18(8-10-40-36(30)32)12-28(48-6)38(34)42/h11-16,39-42H,7-10H2,1-6H3. The summed E-state index contributed by atoms with van der Waals surface area (Å²) < 4.78 is 34.6. The summed E-state index contributed by atoms with van der Waals surface area (Å²) in [6.07, 6.45) is 1.48. The van der Waals surface area contributed by atoms with Crippen LogP contribution in [0.25, 0.3) is 54.2 Å². The molecular formula is C38H36N2O8. The summed E-state index contributed by atoms with van der Waals surface area (Å²) in [7, 11) is 9.56. The minimum absolute atomic E-state index is 0.0542. The highest BCUT2D eigenvalue weighted by Crippen LogP contribution is 2.58. The van der Waals surface area contributed by atoms with Crippen LogP contribution in [0.5, 0.6) is 46.0 Å². The molecule has 6 aromatic rings. The van der Waals surface area contributed by atoms with Gasteiger partial charge >= 0.3 is 0 Å². The topological polar surface area (TPSA) is 120 Å². The minimum atomic E-state index is 0.0542. The molecular weight excluding hydrogens is 612 g/mol. The monoisotopic (exact) mass is 648 g/mol. The van der Waals surface area contributed by atoms with Gasteiger partial charge in [0.25, 0.3) is 0 Å². The third-order valence-corrected chi connectivity index (χ3v) is 9.90. The lowest BCUT2D eigenvalue weighted by Gasteiger charge is -2.30. The molecule has 0 aliphatic carbocycles. The molecule has 2 aliphatic rings. The highest BCUT2D eigenvalue weighted by Gasteiger charge is 2.32. The number of fused-ring (bicyclic) bond motifs is 4. The molecule has 0 fully saturated rings. The van der Waals surface area contributed by atoms with E-state index in [2.05, 4.69) is 10.6 Å². The number of aromatic hydroxyl groups is 2. The van der Waals surface area contributed by atoms with Crippen LogP contribution in [0.4, 0.5) is 11.4 Å². The van der Waals surface area contributed by atoms with Gasteiger partial charge in [0, 0.05) is 45.8 Å². The van der Waals surface area contributed by atoms with Crippen LogP contribution in [0.2, 0.25) is 0 Å². The van der Waals surface area contributed by atoms with Gasteiger partial charge < -0.3 is 49.3 Å². The fourth-order valence-electron chi connectivity index (χ4n) is 7.82. The fraction of sp³-hybridized carbons (Fsp3) is 0.263. The molecule has 0 saturated heterocycles. The Balaban J connectivity index is 1.69. The maximum atomic E-state index is 11.7. The van der Waals surface area contributed by atoms with E-state index in [1.165, 1.54) is 0 Å². The number of hydrogen-bond donors (Lipinski definition) is 4. The van der Waals surface area contributed by atoms with E-state index in [-0.39, 0.29) is 11.5 Å². The van der Waals surface area contributed by atoms with E-state index in [1.807, 2.05) is 36.4 Å². The predicted molar refractivity (Wildman–Crippen MR) is 189 cm³/mol. The lowest BCUT2D eigenvalue weighted by atomic mass is 9.81. The molecule has 2 heterocycles. The second kappa shape index (κ2) is 11.0. The summed E-state index contributed by atoms with van der Waals surface area (Å²) in [6, 6.07) is 11.6. The minimum Gasteiger partial charge on any atom is -0.504 e. The van der Waals surface area contributed by atoms with Gasteiger partial charge in [0.15, 0.2) is 46.0 Å². The van der Waals surface area contributed by atoms with Crippen LogP contribution in [0.15, 0.2) is 36.4 Å². The summed E-state index contributed by atoms with van der Waals surface area (Å²) in [4.78, 5) is 0. The lowest BCUT2D eigenvalue weighted by molar-refractivity contribution is 0.356. The predicted octanol–water partition coefficient (Wildman–Crippen LogP) is 7.37. The Morgan fingerprint density at radius 3 is 1.10 bits per heavy atom. The third kappa shape index (κ3) is 3.92. The molecule has 8 rings (SSSR count). The van der Waals surface area contributed by atoms with Gasteiger partial charge in [-0.25, -0.2) is 0 Å². The molecule has 0 bridgehead atoms. The van der Waals surface area contributed by atoms with Crippen LogP contribution < -0.4 is 39.1 Å². The van der Waals surface area contributed by atoms with Crippen LogP contribution in [0.3, 0.4) is 0 Å². The molecule has 0 aromatic heterocycles. The molecule has 10 heteroatoms. The Kier molecular flexibility index (Phi) is 6.80. The van der Waals surface area contributed by atoms with Gasteiger partial charge in [-0.15, -0.1) is 0 Å². The average Bonchev–Trinajstić information content (AvgIpc) is 3.12. The highest BCUT2D eigenvalue weighted by atomic mass is 16.5. The van der Waals surface area contributed by atoms with Crippen molar-refractivity contribution >= 4 is 54.5 Å². The third-order valence-electron chi connectivity index (χ3n) is 9.90. The molecule has 6 aromatic carbocycles. The molecule has 0 amide bonds. The molecule has 0 saturated carbocycles. The summed E-state index contributed by atoms with van der Waals surface area (Å²) in [5.41, 5.74) is 5.69. The van der Waals surface area contributed by atoms with Gasteiger partial charge in [-0.3, -0.25) is 0 Å². The molecule has 2 aliphatic heterocycles. The molecule has 0 unspecified atom stereocenters. The van der Waals surface area contributed by atoms with Crippen molar-refractivity contribution < 1.29 is 38.6 Å². The van der Waals surface area contributed by atoms with Gasteiger partial charge in [-0.05, 0) is 81.9 Å². The summed E-state index contributed by atoms with van der Waals surface area (Å²) in [6.45, 7) is 1.35. The SMILES string of the molecule is COc1cc2c(-c3c4c5c(cc(OC)c(O)c5c5cc(OC)c(OC)cc35)CCN4)c3c4c(cc(OC)c(O)c4c2cc1OC)CCN3. The number of anilines is 2. The quantitative estimate of drug-likeness (QED) is 0.131. The van der Waals surface area contributed by atoms with E-state index in [9.17, 15) is 10.2 Å². The maximum Gasteiger partial charge on any atom is 0.166 e. The fourth-order valence-corrected chi connectivity index (χ4v) is 7.82. The zero-order valence-electron chi connectivity index (χ0n) is 27.6. The second-order valence-electron chi connectivity index (χ2n) is 12.0. The number of methoxy groups -OCH3 is 6. The molecule has 0 spiro atoms. The summed E-state index contributed by atoms with van der Waals surface area (Å²) >= 11 is 0. The van der Waals surface area contributed by atoms with Crippen molar-refractivity contribution in [1.29, 1.82) is 0 Å². The van der Waals surface area contributed by atoms with E-state index in [4.69, 9.17) is 28.4 Å². The van der Waals surface area contributed by atoms with E-state index in [0.29, 0.717) is 58.4 Å². The van der Waals surface area contributed by atoms with E-state index in [0.717, 1.165) is 78.8 Å². The van der Waals surface area contributed by atoms with Crippen molar-refractivity contribution in [3.8, 4) is 57.1 Å². The first-order valence-corrected chi connectivity index (χ1v) is 15.7. The number of phenols is 2. The number of hydrogen-bond acceptors (Lipinski definition) is 10. The first-order chi connectivity index (χ1) is 23.4. The summed E-state index contributed by atoms with van der Waals surface area (Å²) in [5, 5.41) is 37.2. The van der Waals surface area contributed by atoms with Crippen molar-refractivity contribution in [3.05, 3.63) is 47.5 Å². The van der Waals surface area contributed by atoms with Crippen LogP contribution in [0.1, 0.15) is 11.1 Å². The van der Waals surface area contributed by atoms with Gasteiger partial charge in [-0.2, -0.15) is 0 Å². The zero-order valence-corrected chi connectivity index (χ0v) is 27.6. The second-order valence-corrected chi connectivity index (χ2v) is 12.0. The first-order valence-electron chi connectivity index (χ1n) is 15.7. The van der Waals surface area contributed by atoms with Gasteiger partial charge in [0.1, 0.15) is 0 Å². The van der Waals surface area contributed by atoms with Crippen molar-refractivity contribution in [1.82, 2.24) is 0 Å². The van der Waals surface area contributed by atoms with Gasteiger partial charge in [-0.1, -0.05) is 0 Å². The van der Waals surface area contributed by atoms with Crippen molar-refractivity contribution in [2.75, 3.05) is 66.4 Å². The normalized spacial score (nSPS) is 13.4. The first kappa shape index (κ1) is 29.7. The van der Waals surface area contributed by atoms with E-state index in [1.54, 1.807) is 42.7 Å². The zero-order chi connectivity index (χ0) is 33.4. The molecule has 4 N–H and O–H groups in total. The van der Waals surface area contributed by atoms with Gasteiger partial charge in [0.2, 0.25) is 0 Å². The number of ether oxygens (including phenoxy) is 6. The van der Waals surface area contributed by atoms with Crippen molar-refractivity contribution in [3.63, 3.8) is 0 Å².